The lowest BCUT2D eigenvalue weighted by molar-refractivity contribution is 0.308. The number of hydrogen-bond donors (Lipinski definition) is 1. The minimum Gasteiger partial charge on any atom is -0.359 e. The molecule has 1 aliphatic rings. The van der Waals surface area contributed by atoms with Gasteiger partial charge in [0, 0.05) is 17.8 Å². The van der Waals surface area contributed by atoms with Gasteiger partial charge in [-0.1, -0.05) is 36.4 Å². The molecule has 1 saturated carbocycles. The lowest BCUT2D eigenvalue weighted by atomic mass is 10.0. The van der Waals surface area contributed by atoms with Gasteiger partial charge in [0.25, 0.3) is 0 Å². The summed E-state index contributed by atoms with van der Waals surface area (Å²) in [5.41, 5.74) is 3.27. The molecule has 1 aromatic carbocycles. The molecule has 19 heavy (non-hydrogen) atoms. The lowest BCUT2D eigenvalue weighted by Crippen LogP contribution is -2.02. The van der Waals surface area contributed by atoms with E-state index >= 15 is 0 Å². The summed E-state index contributed by atoms with van der Waals surface area (Å²) in [6.45, 7) is 11.8. The Balaban J connectivity index is 1.78. The van der Waals surface area contributed by atoms with E-state index in [2.05, 4.69) is 37.5 Å². The Hall–Kier alpha value is -1.57. The molecular formula is C17H22FN. The number of benzene rings is 1. The van der Waals surface area contributed by atoms with E-state index in [1.54, 1.807) is 6.92 Å². The van der Waals surface area contributed by atoms with Crippen molar-refractivity contribution in [3.63, 3.8) is 0 Å². The van der Waals surface area contributed by atoms with Gasteiger partial charge in [-0.05, 0) is 44.7 Å². The molecule has 1 N–H and O–H groups in total. The highest BCUT2D eigenvalue weighted by molar-refractivity contribution is 5.49. The minimum absolute atomic E-state index is 0.159. The molecule has 0 heterocycles. The van der Waals surface area contributed by atoms with Crippen LogP contribution < -0.4 is 5.32 Å². The van der Waals surface area contributed by atoms with Crippen LogP contribution in [0.4, 0.5) is 10.1 Å². The van der Waals surface area contributed by atoms with Crippen LogP contribution in [0.1, 0.15) is 31.7 Å². The predicted octanol–water partition coefficient (Wildman–Crippen LogP) is 5.01. The standard InChI is InChI=1S/C17H22FN/c1-12-5-7-16(8-6-12)19-14(3)9-13(2)10-15-11-17(15,4)18/h5-8,15,19H,2-3,9-11H2,1,4H3. The highest BCUT2D eigenvalue weighted by Gasteiger charge is 2.50. The maximum atomic E-state index is 13.5. The fraction of sp³-hybridized carbons (Fsp3) is 0.412. The van der Waals surface area contributed by atoms with Crippen LogP contribution in [-0.4, -0.2) is 5.67 Å². The molecule has 2 unspecified atom stereocenters. The van der Waals surface area contributed by atoms with Gasteiger partial charge in [-0.25, -0.2) is 4.39 Å². The van der Waals surface area contributed by atoms with Crippen LogP contribution in [0.5, 0.6) is 0 Å². The zero-order chi connectivity index (χ0) is 14.0. The summed E-state index contributed by atoms with van der Waals surface area (Å²) >= 11 is 0. The van der Waals surface area contributed by atoms with Crippen molar-refractivity contribution in [2.45, 2.75) is 38.8 Å². The third-order valence-corrected chi connectivity index (χ3v) is 3.71. The van der Waals surface area contributed by atoms with Crippen molar-refractivity contribution in [1.82, 2.24) is 0 Å². The molecule has 0 saturated heterocycles. The summed E-state index contributed by atoms with van der Waals surface area (Å²) in [5, 5.41) is 3.27. The maximum Gasteiger partial charge on any atom is 0.111 e. The zero-order valence-corrected chi connectivity index (χ0v) is 11.8. The summed E-state index contributed by atoms with van der Waals surface area (Å²) < 4.78 is 13.5. The molecule has 0 spiro atoms. The molecule has 1 aliphatic carbocycles. The third kappa shape index (κ3) is 3.95. The van der Waals surface area contributed by atoms with Crippen molar-refractivity contribution in [3.05, 3.63) is 54.3 Å². The van der Waals surface area contributed by atoms with E-state index in [1.165, 1.54) is 5.56 Å². The molecule has 1 aromatic rings. The summed E-state index contributed by atoms with van der Waals surface area (Å²) in [6.07, 6.45) is 2.14. The number of aryl methyl sites for hydroxylation is 1. The highest BCUT2D eigenvalue weighted by Crippen LogP contribution is 2.50. The van der Waals surface area contributed by atoms with Crippen molar-refractivity contribution >= 4 is 5.69 Å². The van der Waals surface area contributed by atoms with Crippen molar-refractivity contribution in [2.24, 2.45) is 5.92 Å². The maximum absolute atomic E-state index is 13.5. The molecule has 0 amide bonds. The smallest absolute Gasteiger partial charge is 0.111 e. The van der Waals surface area contributed by atoms with Crippen molar-refractivity contribution in [1.29, 1.82) is 0 Å². The highest BCUT2D eigenvalue weighted by atomic mass is 19.1. The molecule has 0 bridgehead atoms. The topological polar surface area (TPSA) is 12.0 Å². The van der Waals surface area contributed by atoms with Gasteiger partial charge in [0.2, 0.25) is 0 Å². The molecule has 102 valence electrons. The second-order valence-corrected chi connectivity index (χ2v) is 5.90. The molecule has 0 aromatic heterocycles. The van der Waals surface area contributed by atoms with E-state index in [9.17, 15) is 4.39 Å². The van der Waals surface area contributed by atoms with Crippen LogP contribution in [0.15, 0.2) is 48.7 Å². The van der Waals surface area contributed by atoms with Crippen LogP contribution in [0, 0.1) is 12.8 Å². The second-order valence-electron chi connectivity index (χ2n) is 5.90. The molecule has 0 aliphatic heterocycles. The predicted molar refractivity (Wildman–Crippen MR) is 79.9 cm³/mol. The number of halogens is 1. The fourth-order valence-corrected chi connectivity index (χ4v) is 2.32. The Bertz CT molecular complexity index is 484. The zero-order valence-electron chi connectivity index (χ0n) is 11.8. The Morgan fingerprint density at radius 3 is 2.47 bits per heavy atom. The van der Waals surface area contributed by atoms with Crippen molar-refractivity contribution in [2.75, 3.05) is 5.32 Å². The number of alkyl halides is 1. The molecule has 2 rings (SSSR count). The van der Waals surface area contributed by atoms with E-state index in [0.29, 0.717) is 12.8 Å². The summed E-state index contributed by atoms with van der Waals surface area (Å²) in [4.78, 5) is 0. The quantitative estimate of drug-likeness (QED) is 0.708. The largest absolute Gasteiger partial charge is 0.359 e. The molecule has 2 heteroatoms. The Morgan fingerprint density at radius 1 is 1.37 bits per heavy atom. The van der Waals surface area contributed by atoms with Gasteiger partial charge in [-0.15, -0.1) is 0 Å². The molecule has 1 fully saturated rings. The lowest BCUT2D eigenvalue weighted by Gasteiger charge is -2.12. The number of allylic oxidation sites excluding steroid dienone is 1. The minimum atomic E-state index is -0.964. The number of hydrogen-bond acceptors (Lipinski definition) is 1. The monoisotopic (exact) mass is 259 g/mol. The van der Waals surface area contributed by atoms with Crippen molar-refractivity contribution in [3.8, 4) is 0 Å². The first-order chi connectivity index (χ1) is 8.87. The van der Waals surface area contributed by atoms with Gasteiger partial charge < -0.3 is 5.32 Å². The Morgan fingerprint density at radius 2 is 1.95 bits per heavy atom. The first-order valence-corrected chi connectivity index (χ1v) is 6.74. The van der Waals surface area contributed by atoms with Crippen molar-refractivity contribution < 1.29 is 4.39 Å². The van der Waals surface area contributed by atoms with Gasteiger partial charge in [0.05, 0.1) is 0 Å². The van der Waals surface area contributed by atoms with Crippen LogP contribution in [0.3, 0.4) is 0 Å². The second kappa shape index (κ2) is 5.20. The van der Waals surface area contributed by atoms with E-state index in [1.807, 2.05) is 12.1 Å². The van der Waals surface area contributed by atoms with Gasteiger partial charge in [0.1, 0.15) is 5.67 Å². The third-order valence-electron chi connectivity index (χ3n) is 3.71. The average Bonchev–Trinajstić information content (AvgIpc) is 2.88. The Labute approximate surface area is 115 Å². The van der Waals surface area contributed by atoms with Crippen LogP contribution in [0.25, 0.3) is 0 Å². The first-order valence-electron chi connectivity index (χ1n) is 6.74. The SMILES string of the molecule is C=C(CC(=C)Nc1ccc(C)cc1)CC1CC1(C)F. The fourth-order valence-electron chi connectivity index (χ4n) is 2.32. The van der Waals surface area contributed by atoms with Gasteiger partial charge in [-0.3, -0.25) is 0 Å². The molecular weight excluding hydrogens is 237 g/mol. The molecule has 0 radical (unpaired) electrons. The van der Waals surface area contributed by atoms with Gasteiger partial charge in [0.15, 0.2) is 0 Å². The number of anilines is 1. The van der Waals surface area contributed by atoms with Crippen LogP contribution in [-0.2, 0) is 0 Å². The van der Waals surface area contributed by atoms with Gasteiger partial charge in [-0.2, -0.15) is 0 Å². The van der Waals surface area contributed by atoms with E-state index < -0.39 is 5.67 Å². The summed E-state index contributed by atoms with van der Waals surface area (Å²) in [7, 11) is 0. The van der Waals surface area contributed by atoms with E-state index in [-0.39, 0.29) is 5.92 Å². The molecule has 1 nitrogen and oxygen atoms in total. The van der Waals surface area contributed by atoms with Crippen LogP contribution >= 0.6 is 0 Å². The summed E-state index contributed by atoms with van der Waals surface area (Å²) in [6, 6.07) is 8.18. The summed E-state index contributed by atoms with van der Waals surface area (Å²) in [5.74, 6) is 0.159. The number of rotatable bonds is 6. The van der Waals surface area contributed by atoms with Crippen LogP contribution in [0.2, 0.25) is 0 Å². The Kier molecular flexibility index (Phi) is 3.79. The van der Waals surface area contributed by atoms with E-state index in [4.69, 9.17) is 0 Å². The normalized spacial score (nSPS) is 24.9. The van der Waals surface area contributed by atoms with E-state index in [0.717, 1.165) is 23.4 Å². The van der Waals surface area contributed by atoms with Gasteiger partial charge >= 0.3 is 0 Å². The average molecular weight is 259 g/mol. The number of nitrogens with one attached hydrogen (secondary N) is 1. The first kappa shape index (κ1) is 13.9. The molecule has 2 atom stereocenters.